The molecule has 0 unspecified atom stereocenters. The molecule has 3 rings (SSSR count). The number of aliphatic hydroxyl groups is 1. The van der Waals surface area contributed by atoms with E-state index >= 15 is 0 Å². The molecule has 0 radical (unpaired) electrons. The number of hydrogen-bond donors (Lipinski definition) is 1. The van der Waals surface area contributed by atoms with Crippen LogP contribution < -0.4 is 9.47 Å². The van der Waals surface area contributed by atoms with Crippen LogP contribution >= 0.6 is 0 Å². The summed E-state index contributed by atoms with van der Waals surface area (Å²) < 4.78 is 11.8. The second kappa shape index (κ2) is 7.20. The number of para-hydroxylation sites is 1. The third kappa shape index (κ3) is 3.93. The number of aliphatic hydroxyl groups excluding tert-OH is 1. The van der Waals surface area contributed by atoms with Crippen LogP contribution in [0.3, 0.4) is 0 Å². The summed E-state index contributed by atoms with van der Waals surface area (Å²) in [4.78, 5) is 0. The number of benzene rings is 1. The van der Waals surface area contributed by atoms with Crippen LogP contribution in [0.4, 0.5) is 0 Å². The van der Waals surface area contributed by atoms with Crippen molar-refractivity contribution >= 4 is 0 Å². The average molecular weight is 296 g/mol. The van der Waals surface area contributed by atoms with Crippen molar-refractivity contribution in [1.82, 2.24) is 0 Å². The molecule has 1 saturated carbocycles. The molecule has 1 aromatic rings. The van der Waals surface area contributed by atoms with Crippen molar-refractivity contribution in [2.24, 2.45) is 5.92 Å². The van der Waals surface area contributed by atoms with Gasteiger partial charge in [-0.15, -0.1) is 0 Å². The summed E-state index contributed by atoms with van der Waals surface area (Å²) in [5.74, 6) is 8.14. The van der Waals surface area contributed by atoms with Crippen LogP contribution in [0.25, 0.3) is 0 Å². The van der Waals surface area contributed by atoms with Crippen molar-refractivity contribution in [2.45, 2.75) is 25.9 Å². The predicted octanol–water partition coefficient (Wildman–Crippen LogP) is 3.24. The molecule has 114 valence electrons. The molecule has 1 aromatic carbocycles. The van der Waals surface area contributed by atoms with Gasteiger partial charge in [-0.25, -0.2) is 0 Å². The fourth-order valence-corrected chi connectivity index (χ4v) is 2.21. The molecule has 0 saturated heterocycles. The Hall–Kier alpha value is -2.18. The van der Waals surface area contributed by atoms with Crippen LogP contribution in [-0.2, 0) is 6.61 Å². The van der Waals surface area contributed by atoms with Crippen molar-refractivity contribution in [3.8, 4) is 23.3 Å². The first-order valence-electron chi connectivity index (χ1n) is 7.69. The summed E-state index contributed by atoms with van der Waals surface area (Å²) in [6, 6.07) is 5.61. The zero-order valence-corrected chi connectivity index (χ0v) is 12.5. The third-order valence-corrected chi connectivity index (χ3v) is 3.68. The number of hydrogen-bond acceptors (Lipinski definition) is 3. The molecular formula is C19H20O3. The molecular weight excluding hydrogens is 276 g/mol. The Morgan fingerprint density at radius 3 is 2.95 bits per heavy atom. The minimum Gasteiger partial charge on any atom is -0.489 e. The zero-order chi connectivity index (χ0) is 15.2. The lowest BCUT2D eigenvalue weighted by Gasteiger charge is -2.15. The Balaban J connectivity index is 1.71. The Bertz CT molecular complexity index is 642. The molecule has 0 amide bonds. The number of allylic oxidation sites excluding steroid dienone is 3. The molecule has 0 spiro atoms. The van der Waals surface area contributed by atoms with E-state index in [9.17, 15) is 5.11 Å². The van der Waals surface area contributed by atoms with E-state index in [-0.39, 0.29) is 6.61 Å². The lowest BCUT2D eigenvalue weighted by Crippen LogP contribution is -2.06. The Labute approximate surface area is 131 Å². The van der Waals surface area contributed by atoms with E-state index in [1.54, 1.807) is 0 Å². The Kier molecular flexibility index (Phi) is 4.82. The molecule has 1 N–H and O–H groups in total. The summed E-state index contributed by atoms with van der Waals surface area (Å²) in [6.07, 6.45) is 9.21. The summed E-state index contributed by atoms with van der Waals surface area (Å²) >= 11 is 0. The Morgan fingerprint density at radius 2 is 2.14 bits per heavy atom. The van der Waals surface area contributed by atoms with Gasteiger partial charge in [-0.05, 0) is 30.9 Å². The molecule has 0 aliphatic heterocycles. The first-order chi connectivity index (χ1) is 10.9. The van der Waals surface area contributed by atoms with E-state index in [2.05, 4.69) is 11.8 Å². The van der Waals surface area contributed by atoms with Gasteiger partial charge in [0.05, 0.1) is 13.2 Å². The van der Waals surface area contributed by atoms with Crippen LogP contribution in [0.15, 0.2) is 42.0 Å². The van der Waals surface area contributed by atoms with E-state index in [0.29, 0.717) is 30.6 Å². The zero-order valence-electron chi connectivity index (χ0n) is 12.5. The van der Waals surface area contributed by atoms with Gasteiger partial charge in [-0.3, -0.25) is 0 Å². The maximum Gasteiger partial charge on any atom is 0.166 e. The minimum absolute atomic E-state index is 0.0531. The summed E-state index contributed by atoms with van der Waals surface area (Å²) in [5.41, 5.74) is 1.70. The number of rotatable bonds is 7. The molecule has 3 nitrogen and oxygen atoms in total. The van der Waals surface area contributed by atoms with Crippen molar-refractivity contribution in [1.29, 1.82) is 0 Å². The van der Waals surface area contributed by atoms with Crippen molar-refractivity contribution in [3.05, 3.63) is 47.6 Å². The topological polar surface area (TPSA) is 38.7 Å². The first-order valence-corrected chi connectivity index (χ1v) is 7.69. The molecule has 0 bridgehead atoms. The van der Waals surface area contributed by atoms with Gasteiger partial charge in [0.1, 0.15) is 6.61 Å². The Morgan fingerprint density at radius 1 is 1.23 bits per heavy atom. The lowest BCUT2D eigenvalue weighted by molar-refractivity contribution is 0.244. The van der Waals surface area contributed by atoms with Crippen molar-refractivity contribution < 1.29 is 14.6 Å². The largest absolute Gasteiger partial charge is 0.489 e. The van der Waals surface area contributed by atoms with Gasteiger partial charge in [0.25, 0.3) is 0 Å². The average Bonchev–Trinajstić information content (AvgIpc) is 3.38. The normalized spacial score (nSPS) is 16.3. The second-order valence-electron chi connectivity index (χ2n) is 5.57. The van der Waals surface area contributed by atoms with Crippen LogP contribution in [-0.4, -0.2) is 18.3 Å². The maximum absolute atomic E-state index is 9.50. The third-order valence-electron chi connectivity index (χ3n) is 3.68. The highest BCUT2D eigenvalue weighted by molar-refractivity contribution is 5.47. The van der Waals surface area contributed by atoms with E-state index in [4.69, 9.17) is 9.47 Å². The molecule has 1 fully saturated rings. The maximum atomic E-state index is 9.50. The molecule has 3 heteroatoms. The van der Waals surface area contributed by atoms with Crippen LogP contribution in [0.5, 0.6) is 11.5 Å². The summed E-state index contributed by atoms with van der Waals surface area (Å²) in [7, 11) is 0. The van der Waals surface area contributed by atoms with Gasteiger partial charge in [0.2, 0.25) is 0 Å². The summed E-state index contributed by atoms with van der Waals surface area (Å²) in [6.45, 7) is 1.05. The van der Waals surface area contributed by atoms with Gasteiger partial charge in [0, 0.05) is 17.6 Å². The molecule has 2 aliphatic rings. The summed E-state index contributed by atoms with van der Waals surface area (Å²) in [5, 5.41) is 9.50. The highest BCUT2D eigenvalue weighted by Gasteiger charge is 2.23. The quantitative estimate of drug-likeness (QED) is 0.785. The van der Waals surface area contributed by atoms with Crippen molar-refractivity contribution in [2.75, 3.05) is 13.2 Å². The minimum atomic E-state index is -0.0531. The standard InChI is InChI=1S/C19H20O3/c20-12-17-8-5-9-18(19(17)22-14-16-10-11-16)21-13-15-6-3-1-2-4-7-15/h1,3,5-6,8-9,16,20H,2,10-14H2. The van der Waals surface area contributed by atoms with E-state index in [0.717, 1.165) is 17.6 Å². The molecule has 2 aliphatic carbocycles. The monoisotopic (exact) mass is 296 g/mol. The second-order valence-corrected chi connectivity index (χ2v) is 5.57. The van der Waals surface area contributed by atoms with Gasteiger partial charge in [-0.2, -0.15) is 0 Å². The van der Waals surface area contributed by atoms with Crippen LogP contribution in [0.1, 0.15) is 24.8 Å². The smallest absolute Gasteiger partial charge is 0.166 e. The fourth-order valence-electron chi connectivity index (χ4n) is 2.21. The predicted molar refractivity (Wildman–Crippen MR) is 85.7 cm³/mol. The van der Waals surface area contributed by atoms with Gasteiger partial charge in [-0.1, -0.05) is 36.1 Å². The SMILES string of the molecule is OCc1cccc(OCC2=CC=CCC#C2)c1OCC1CC1. The first kappa shape index (κ1) is 14.7. The van der Waals surface area contributed by atoms with E-state index in [1.807, 2.05) is 36.4 Å². The highest BCUT2D eigenvalue weighted by atomic mass is 16.5. The van der Waals surface area contributed by atoms with Gasteiger partial charge < -0.3 is 14.6 Å². The van der Waals surface area contributed by atoms with Crippen LogP contribution in [0.2, 0.25) is 0 Å². The highest BCUT2D eigenvalue weighted by Crippen LogP contribution is 2.35. The molecule has 0 aromatic heterocycles. The molecule has 0 heterocycles. The van der Waals surface area contributed by atoms with E-state index < -0.39 is 0 Å². The number of ether oxygens (including phenoxy) is 2. The van der Waals surface area contributed by atoms with E-state index in [1.165, 1.54) is 12.8 Å². The fraction of sp³-hybridized carbons (Fsp3) is 0.368. The lowest BCUT2D eigenvalue weighted by atomic mass is 10.2. The molecule has 22 heavy (non-hydrogen) atoms. The van der Waals surface area contributed by atoms with Gasteiger partial charge in [0.15, 0.2) is 11.5 Å². The van der Waals surface area contributed by atoms with Gasteiger partial charge >= 0.3 is 0 Å². The van der Waals surface area contributed by atoms with Crippen LogP contribution in [0, 0.1) is 17.8 Å². The van der Waals surface area contributed by atoms with Crippen molar-refractivity contribution in [3.63, 3.8) is 0 Å². The molecule has 0 atom stereocenters.